The van der Waals surface area contributed by atoms with Crippen LogP contribution in [0, 0.1) is 0 Å². The molecule has 0 unspecified atom stereocenters. The molecule has 9 heteroatoms. The van der Waals surface area contributed by atoms with Gasteiger partial charge in [-0.15, -0.1) is 5.10 Å². The molecule has 1 saturated carbocycles. The van der Waals surface area contributed by atoms with E-state index in [1.165, 1.54) is 6.26 Å². The fourth-order valence-corrected chi connectivity index (χ4v) is 2.66. The molecule has 0 atom stereocenters. The Kier molecular flexibility index (Phi) is 4.65. The molecular formula is C18H18N6O3. The molecule has 0 radical (unpaired) electrons. The summed E-state index contributed by atoms with van der Waals surface area (Å²) in [7, 11) is 0. The molecule has 0 spiro atoms. The second-order valence-electron chi connectivity index (χ2n) is 6.29. The molecule has 9 nitrogen and oxygen atoms in total. The van der Waals surface area contributed by atoms with E-state index in [-0.39, 0.29) is 30.5 Å². The molecule has 2 N–H and O–H groups in total. The van der Waals surface area contributed by atoms with Crippen LogP contribution in [-0.4, -0.2) is 38.6 Å². The van der Waals surface area contributed by atoms with Gasteiger partial charge in [-0.05, 0) is 59.7 Å². The maximum absolute atomic E-state index is 12.0. The summed E-state index contributed by atoms with van der Waals surface area (Å²) < 4.78 is 6.83. The van der Waals surface area contributed by atoms with Gasteiger partial charge in [0.15, 0.2) is 11.6 Å². The number of aromatic nitrogens is 4. The summed E-state index contributed by atoms with van der Waals surface area (Å²) in [5.74, 6) is 0.423. The summed E-state index contributed by atoms with van der Waals surface area (Å²) in [5, 5.41) is 17.3. The molecular weight excluding hydrogens is 348 g/mol. The highest BCUT2D eigenvalue weighted by Crippen LogP contribution is 2.36. The van der Waals surface area contributed by atoms with Crippen LogP contribution in [0.15, 0.2) is 47.1 Å². The molecule has 1 aliphatic rings. The van der Waals surface area contributed by atoms with Crippen LogP contribution in [0.1, 0.15) is 35.9 Å². The summed E-state index contributed by atoms with van der Waals surface area (Å²) in [6.07, 6.45) is 3.79. The van der Waals surface area contributed by atoms with Crippen molar-refractivity contribution in [1.82, 2.24) is 25.5 Å². The zero-order valence-electron chi connectivity index (χ0n) is 14.5. The summed E-state index contributed by atoms with van der Waals surface area (Å²) in [6.45, 7) is 0.222. The highest BCUT2D eigenvalue weighted by Gasteiger charge is 2.28. The van der Waals surface area contributed by atoms with Crippen molar-refractivity contribution >= 4 is 17.5 Å². The van der Waals surface area contributed by atoms with E-state index in [0.717, 1.165) is 24.2 Å². The van der Waals surface area contributed by atoms with Crippen molar-refractivity contribution in [2.24, 2.45) is 0 Å². The third-order valence-electron chi connectivity index (χ3n) is 4.20. The van der Waals surface area contributed by atoms with E-state index in [0.29, 0.717) is 11.7 Å². The Hall–Kier alpha value is -3.49. The zero-order chi connectivity index (χ0) is 18.6. The number of rotatable bonds is 7. The van der Waals surface area contributed by atoms with Gasteiger partial charge in [-0.1, -0.05) is 0 Å². The Morgan fingerprint density at radius 3 is 2.70 bits per heavy atom. The molecule has 1 aromatic carbocycles. The molecule has 2 heterocycles. The third-order valence-corrected chi connectivity index (χ3v) is 4.20. The van der Waals surface area contributed by atoms with Gasteiger partial charge in [0, 0.05) is 24.2 Å². The lowest BCUT2D eigenvalue weighted by Gasteiger charge is -2.07. The molecule has 4 rings (SSSR count). The van der Waals surface area contributed by atoms with Gasteiger partial charge in [-0.3, -0.25) is 9.59 Å². The van der Waals surface area contributed by atoms with Crippen LogP contribution < -0.4 is 10.6 Å². The summed E-state index contributed by atoms with van der Waals surface area (Å²) in [6, 6.07) is 11.0. The molecule has 27 heavy (non-hydrogen) atoms. The Labute approximate surface area is 154 Å². The van der Waals surface area contributed by atoms with Crippen molar-refractivity contribution < 1.29 is 14.0 Å². The first-order valence-electron chi connectivity index (χ1n) is 8.70. The maximum Gasteiger partial charge on any atom is 0.286 e. The van der Waals surface area contributed by atoms with Crippen LogP contribution in [0.5, 0.6) is 0 Å². The Morgan fingerprint density at radius 2 is 2.00 bits per heavy atom. The van der Waals surface area contributed by atoms with Gasteiger partial charge in [-0.2, -0.15) is 0 Å². The molecule has 0 aliphatic heterocycles. The first-order chi connectivity index (χ1) is 13.2. The second kappa shape index (κ2) is 7.40. The number of tetrazole rings is 1. The number of hydrogen-bond acceptors (Lipinski definition) is 6. The summed E-state index contributed by atoms with van der Waals surface area (Å²) in [4.78, 5) is 23.7. The van der Waals surface area contributed by atoms with Gasteiger partial charge in [0.25, 0.3) is 5.91 Å². The van der Waals surface area contributed by atoms with Crippen LogP contribution in [0.25, 0.3) is 11.4 Å². The number of hydrogen-bond donors (Lipinski definition) is 2. The molecule has 0 saturated heterocycles. The lowest BCUT2D eigenvalue weighted by atomic mass is 10.2. The first kappa shape index (κ1) is 17.0. The highest BCUT2D eigenvalue weighted by atomic mass is 16.3. The number of amides is 2. The largest absolute Gasteiger partial charge is 0.459 e. The Balaban J connectivity index is 1.28. The quantitative estimate of drug-likeness (QED) is 0.661. The van der Waals surface area contributed by atoms with Crippen LogP contribution in [0.3, 0.4) is 0 Å². The number of furan rings is 1. The summed E-state index contributed by atoms with van der Waals surface area (Å²) >= 11 is 0. The lowest BCUT2D eigenvalue weighted by molar-refractivity contribution is -0.116. The van der Waals surface area contributed by atoms with E-state index in [4.69, 9.17) is 4.42 Å². The number of nitrogens with zero attached hydrogens (tertiary/aromatic N) is 4. The minimum Gasteiger partial charge on any atom is -0.459 e. The number of nitrogens with one attached hydrogen (secondary N) is 2. The molecule has 1 aliphatic carbocycles. The van der Waals surface area contributed by atoms with Gasteiger partial charge in [0.1, 0.15) is 0 Å². The van der Waals surface area contributed by atoms with Gasteiger partial charge < -0.3 is 15.1 Å². The molecule has 3 aromatic rings. The lowest BCUT2D eigenvalue weighted by Crippen LogP contribution is -2.27. The van der Waals surface area contributed by atoms with Crippen molar-refractivity contribution in [1.29, 1.82) is 0 Å². The smallest absolute Gasteiger partial charge is 0.286 e. The zero-order valence-corrected chi connectivity index (χ0v) is 14.5. The average molecular weight is 366 g/mol. The Bertz CT molecular complexity index is 928. The van der Waals surface area contributed by atoms with Gasteiger partial charge in [-0.25, -0.2) is 4.68 Å². The minimum absolute atomic E-state index is 0.161. The van der Waals surface area contributed by atoms with Crippen molar-refractivity contribution in [3.63, 3.8) is 0 Å². The second-order valence-corrected chi connectivity index (χ2v) is 6.29. The molecule has 2 amide bonds. The van der Waals surface area contributed by atoms with Gasteiger partial charge >= 0.3 is 0 Å². The monoisotopic (exact) mass is 366 g/mol. The van der Waals surface area contributed by atoms with E-state index >= 15 is 0 Å². The number of anilines is 1. The van der Waals surface area contributed by atoms with Gasteiger partial charge in [0.05, 0.1) is 12.3 Å². The van der Waals surface area contributed by atoms with Crippen molar-refractivity contribution in [3.8, 4) is 11.4 Å². The molecule has 2 aromatic heterocycles. The van der Waals surface area contributed by atoms with Crippen molar-refractivity contribution in [3.05, 3.63) is 48.4 Å². The van der Waals surface area contributed by atoms with Crippen LogP contribution in [-0.2, 0) is 4.79 Å². The van der Waals surface area contributed by atoms with Gasteiger partial charge in [0.2, 0.25) is 5.91 Å². The van der Waals surface area contributed by atoms with Crippen molar-refractivity contribution in [2.75, 3.05) is 11.9 Å². The normalized spacial score (nSPS) is 13.3. The SMILES string of the molecule is O=C(CCNC(=O)c1ccco1)Nc1ccc(-c2nnnn2C2CC2)cc1. The molecule has 138 valence electrons. The van der Waals surface area contributed by atoms with E-state index in [2.05, 4.69) is 26.2 Å². The predicted molar refractivity (Wildman–Crippen MR) is 95.8 cm³/mol. The average Bonchev–Trinajstić information content (AvgIpc) is 3.17. The summed E-state index contributed by atoms with van der Waals surface area (Å²) in [5.41, 5.74) is 1.57. The predicted octanol–water partition coefficient (Wildman–Crippen LogP) is 2.03. The number of carbonyl (C=O) groups excluding carboxylic acids is 2. The van der Waals surface area contributed by atoms with Crippen LogP contribution >= 0.6 is 0 Å². The van der Waals surface area contributed by atoms with E-state index in [1.54, 1.807) is 24.3 Å². The number of benzene rings is 1. The van der Waals surface area contributed by atoms with E-state index in [9.17, 15) is 9.59 Å². The fraction of sp³-hybridized carbons (Fsp3) is 0.278. The van der Waals surface area contributed by atoms with E-state index < -0.39 is 0 Å². The standard InChI is InChI=1S/C18H18N6O3/c25-16(9-10-19-18(26)15-2-1-11-27-15)20-13-5-3-12(4-6-13)17-21-22-23-24(17)14-7-8-14/h1-6,11,14H,7-10H2,(H,19,26)(H,20,25). The molecule has 1 fully saturated rings. The third kappa shape index (κ3) is 4.02. The van der Waals surface area contributed by atoms with E-state index in [1.807, 2.05) is 16.8 Å². The Morgan fingerprint density at radius 1 is 1.19 bits per heavy atom. The van der Waals surface area contributed by atoms with Crippen LogP contribution in [0.4, 0.5) is 5.69 Å². The number of carbonyl (C=O) groups is 2. The maximum atomic E-state index is 12.0. The highest BCUT2D eigenvalue weighted by molar-refractivity contribution is 5.93. The minimum atomic E-state index is -0.342. The topological polar surface area (TPSA) is 115 Å². The fourth-order valence-electron chi connectivity index (χ4n) is 2.66. The molecule has 0 bridgehead atoms. The van der Waals surface area contributed by atoms with Crippen molar-refractivity contribution in [2.45, 2.75) is 25.3 Å². The van der Waals surface area contributed by atoms with Crippen LogP contribution in [0.2, 0.25) is 0 Å². The first-order valence-corrected chi connectivity index (χ1v) is 8.70.